The first kappa shape index (κ1) is 22.2. The Morgan fingerprint density at radius 3 is 2.64 bits per heavy atom. The second-order valence-electron chi connectivity index (χ2n) is 6.60. The van der Waals surface area contributed by atoms with Crippen molar-refractivity contribution in [2.24, 2.45) is 0 Å². The van der Waals surface area contributed by atoms with E-state index in [4.69, 9.17) is 4.74 Å². The first-order valence-electron chi connectivity index (χ1n) is 9.06. The minimum Gasteiger partial charge on any atom is -0.457 e. The van der Waals surface area contributed by atoms with E-state index in [1.807, 2.05) is 0 Å². The number of rotatable bonds is 5. The van der Waals surface area contributed by atoms with E-state index < -0.39 is 28.3 Å². The molecule has 4 rings (SSSR count). The molecule has 2 heterocycles. The van der Waals surface area contributed by atoms with Crippen molar-refractivity contribution in [3.05, 3.63) is 86.8 Å². The standard InChI is InChI=1S/C20H11BrF3N5O4/c21-16-17(27-28-6-2-5-25-18(16)28)19(30)26-12-8-13(29(31)32)10-15(9-12)33-14-4-1-3-11(7-14)20(22,23)24/h1-10H,(H,26,30). The van der Waals surface area contributed by atoms with E-state index in [0.29, 0.717) is 10.1 Å². The van der Waals surface area contributed by atoms with E-state index in [2.05, 4.69) is 31.3 Å². The van der Waals surface area contributed by atoms with Crippen molar-refractivity contribution in [3.63, 3.8) is 0 Å². The molecule has 0 unspecified atom stereocenters. The van der Waals surface area contributed by atoms with Gasteiger partial charge < -0.3 is 10.1 Å². The molecule has 4 aromatic rings. The summed E-state index contributed by atoms with van der Waals surface area (Å²) in [4.78, 5) is 27.4. The van der Waals surface area contributed by atoms with Gasteiger partial charge in [0.25, 0.3) is 11.6 Å². The Balaban J connectivity index is 1.64. The summed E-state index contributed by atoms with van der Waals surface area (Å²) < 4.78 is 45.9. The van der Waals surface area contributed by atoms with Crippen LogP contribution in [0.2, 0.25) is 0 Å². The molecular weight excluding hydrogens is 511 g/mol. The lowest BCUT2D eigenvalue weighted by molar-refractivity contribution is -0.384. The smallest absolute Gasteiger partial charge is 0.416 e. The molecule has 33 heavy (non-hydrogen) atoms. The molecular formula is C20H11BrF3N5O4. The number of nitrogens with zero attached hydrogens (tertiary/aromatic N) is 4. The zero-order chi connectivity index (χ0) is 23.8. The molecule has 0 saturated carbocycles. The summed E-state index contributed by atoms with van der Waals surface area (Å²) in [6, 6.07) is 9.02. The first-order chi connectivity index (χ1) is 15.6. The Morgan fingerprint density at radius 1 is 1.15 bits per heavy atom. The quantitative estimate of drug-likeness (QED) is 0.275. The van der Waals surface area contributed by atoms with Gasteiger partial charge >= 0.3 is 6.18 Å². The maximum Gasteiger partial charge on any atom is 0.416 e. The fraction of sp³-hybridized carbons (Fsp3) is 0.0500. The number of non-ortho nitro benzene ring substituents is 1. The van der Waals surface area contributed by atoms with Crippen molar-refractivity contribution in [1.82, 2.24) is 14.6 Å². The number of fused-ring (bicyclic) bond motifs is 1. The average molecular weight is 522 g/mol. The number of nitro benzene ring substituents is 1. The molecule has 168 valence electrons. The van der Waals surface area contributed by atoms with Crippen LogP contribution in [-0.4, -0.2) is 25.4 Å². The van der Waals surface area contributed by atoms with Crippen LogP contribution in [0.15, 0.2) is 65.4 Å². The second-order valence-corrected chi connectivity index (χ2v) is 7.40. The Morgan fingerprint density at radius 2 is 1.94 bits per heavy atom. The predicted molar refractivity (Wildman–Crippen MR) is 113 cm³/mol. The van der Waals surface area contributed by atoms with E-state index in [1.165, 1.54) is 22.8 Å². The van der Waals surface area contributed by atoms with Gasteiger partial charge in [0, 0.05) is 24.5 Å². The average Bonchev–Trinajstić information content (AvgIpc) is 3.10. The third-order valence-electron chi connectivity index (χ3n) is 4.31. The molecule has 0 saturated heterocycles. The van der Waals surface area contributed by atoms with Gasteiger partial charge in [-0.3, -0.25) is 14.9 Å². The molecule has 1 amide bonds. The van der Waals surface area contributed by atoms with Crippen molar-refractivity contribution in [2.45, 2.75) is 6.18 Å². The molecule has 13 heteroatoms. The predicted octanol–water partition coefficient (Wildman–Crippen LogP) is 5.46. The number of carbonyl (C=O) groups excluding carboxylic acids is 1. The summed E-state index contributed by atoms with van der Waals surface area (Å²) in [6.07, 6.45) is -1.49. The molecule has 2 aromatic heterocycles. The Bertz CT molecular complexity index is 1390. The minimum atomic E-state index is -4.59. The number of halogens is 4. The van der Waals surface area contributed by atoms with E-state index in [0.717, 1.165) is 30.3 Å². The molecule has 2 aromatic carbocycles. The summed E-state index contributed by atoms with van der Waals surface area (Å²) in [5.74, 6) is -1.02. The number of aromatic nitrogens is 3. The molecule has 0 fully saturated rings. The maximum atomic E-state index is 12.9. The largest absolute Gasteiger partial charge is 0.457 e. The highest BCUT2D eigenvalue weighted by molar-refractivity contribution is 9.10. The molecule has 0 bridgehead atoms. The van der Waals surface area contributed by atoms with Gasteiger partial charge in [-0.05, 0) is 40.2 Å². The number of benzene rings is 2. The summed E-state index contributed by atoms with van der Waals surface area (Å²) in [5.41, 5.74) is -1.04. The van der Waals surface area contributed by atoms with Crippen molar-refractivity contribution in [2.75, 3.05) is 5.32 Å². The van der Waals surface area contributed by atoms with Crippen LogP contribution in [-0.2, 0) is 6.18 Å². The Labute approximate surface area is 191 Å². The number of alkyl halides is 3. The van der Waals surface area contributed by atoms with Crippen LogP contribution in [0, 0.1) is 10.1 Å². The lowest BCUT2D eigenvalue weighted by Crippen LogP contribution is -2.13. The zero-order valence-corrected chi connectivity index (χ0v) is 17.8. The molecule has 0 atom stereocenters. The number of hydrogen-bond donors (Lipinski definition) is 1. The van der Waals surface area contributed by atoms with Crippen molar-refractivity contribution >= 4 is 38.9 Å². The normalized spacial score (nSPS) is 11.4. The van der Waals surface area contributed by atoms with Gasteiger partial charge in [0.05, 0.1) is 26.7 Å². The molecule has 0 aliphatic heterocycles. The number of anilines is 1. The maximum absolute atomic E-state index is 12.9. The highest BCUT2D eigenvalue weighted by atomic mass is 79.9. The van der Waals surface area contributed by atoms with Crippen LogP contribution in [0.4, 0.5) is 24.5 Å². The number of nitro groups is 1. The van der Waals surface area contributed by atoms with Gasteiger partial charge in [-0.1, -0.05) is 6.07 Å². The van der Waals surface area contributed by atoms with Crippen LogP contribution in [0.5, 0.6) is 11.5 Å². The first-order valence-corrected chi connectivity index (χ1v) is 9.86. The monoisotopic (exact) mass is 521 g/mol. The van der Waals surface area contributed by atoms with Crippen LogP contribution in [0.3, 0.4) is 0 Å². The lowest BCUT2D eigenvalue weighted by Gasteiger charge is -2.11. The molecule has 0 aliphatic carbocycles. The fourth-order valence-corrected chi connectivity index (χ4v) is 3.43. The van der Waals surface area contributed by atoms with Gasteiger partial charge in [0.2, 0.25) is 0 Å². The molecule has 9 nitrogen and oxygen atoms in total. The minimum absolute atomic E-state index is 0.0203. The summed E-state index contributed by atoms with van der Waals surface area (Å²) >= 11 is 3.25. The highest BCUT2D eigenvalue weighted by Gasteiger charge is 2.30. The zero-order valence-electron chi connectivity index (χ0n) is 16.2. The second kappa shape index (κ2) is 8.50. The number of amides is 1. The summed E-state index contributed by atoms with van der Waals surface area (Å²) in [5, 5.41) is 17.9. The van der Waals surface area contributed by atoms with Crippen LogP contribution >= 0.6 is 15.9 Å². The van der Waals surface area contributed by atoms with Crippen LogP contribution in [0.1, 0.15) is 16.1 Å². The SMILES string of the molecule is O=C(Nc1cc(Oc2cccc(C(F)(F)F)c2)cc([N+](=O)[O-])c1)c1nn2cccnc2c1Br. The summed E-state index contributed by atoms with van der Waals surface area (Å²) in [6.45, 7) is 0. The highest BCUT2D eigenvalue weighted by Crippen LogP contribution is 2.34. The van der Waals surface area contributed by atoms with Crippen molar-refractivity contribution in [1.29, 1.82) is 0 Å². The van der Waals surface area contributed by atoms with Crippen molar-refractivity contribution < 1.29 is 27.6 Å². The van der Waals surface area contributed by atoms with E-state index in [1.54, 1.807) is 12.3 Å². The number of ether oxygens (including phenoxy) is 1. The third kappa shape index (κ3) is 4.77. The Kier molecular flexibility index (Phi) is 5.72. The van der Waals surface area contributed by atoms with Gasteiger partial charge in [-0.2, -0.15) is 18.3 Å². The molecule has 1 N–H and O–H groups in total. The van der Waals surface area contributed by atoms with E-state index in [9.17, 15) is 28.1 Å². The van der Waals surface area contributed by atoms with Crippen LogP contribution in [0.25, 0.3) is 5.65 Å². The molecule has 0 spiro atoms. The lowest BCUT2D eigenvalue weighted by atomic mass is 10.2. The number of hydrogen-bond acceptors (Lipinski definition) is 6. The number of carbonyl (C=O) groups is 1. The van der Waals surface area contributed by atoms with Gasteiger partial charge in [-0.25, -0.2) is 9.50 Å². The molecule has 0 aliphatic rings. The van der Waals surface area contributed by atoms with Gasteiger partial charge in [0.1, 0.15) is 11.5 Å². The van der Waals surface area contributed by atoms with Crippen molar-refractivity contribution in [3.8, 4) is 11.5 Å². The van der Waals surface area contributed by atoms with Crippen LogP contribution < -0.4 is 10.1 Å². The molecule has 0 radical (unpaired) electrons. The number of nitrogens with one attached hydrogen (secondary N) is 1. The van der Waals surface area contributed by atoms with Gasteiger partial charge in [-0.15, -0.1) is 0 Å². The third-order valence-corrected chi connectivity index (χ3v) is 5.04. The Hall–Kier alpha value is -4.00. The van der Waals surface area contributed by atoms with Gasteiger partial charge in [0.15, 0.2) is 11.3 Å². The van der Waals surface area contributed by atoms with E-state index >= 15 is 0 Å². The topological polar surface area (TPSA) is 112 Å². The van der Waals surface area contributed by atoms with E-state index in [-0.39, 0.29) is 22.9 Å². The fourth-order valence-electron chi connectivity index (χ4n) is 2.89. The summed E-state index contributed by atoms with van der Waals surface area (Å²) in [7, 11) is 0.